The topological polar surface area (TPSA) is 290 Å². The van der Waals surface area contributed by atoms with E-state index in [1.54, 1.807) is 0 Å². The molecule has 2 unspecified atom stereocenters. The number of ether oxygens (including phenoxy) is 1. The molecule has 0 amide bonds. The first kappa shape index (κ1) is 32.8. The van der Waals surface area contributed by atoms with E-state index in [1.165, 1.54) is 4.57 Å². The van der Waals surface area contributed by atoms with E-state index >= 15 is 0 Å². The van der Waals surface area contributed by atoms with E-state index in [-0.39, 0.29) is 115 Å². The summed E-state index contributed by atoms with van der Waals surface area (Å²) in [5, 5.41) is 20.3. The van der Waals surface area contributed by atoms with Gasteiger partial charge in [0, 0.05) is 0 Å². The molecule has 2 aromatic rings. The Kier molecular flexibility index (Phi) is 12.5. The largest absolute Gasteiger partial charge is 2.00 e. The Balaban J connectivity index is 0.00000272. The molecule has 1 fully saturated rings. The molecular weight excluding hydrogens is 766 g/mol. The minimum atomic E-state index is -6.14. The van der Waals surface area contributed by atoms with Gasteiger partial charge in [-0.2, -0.15) is 0 Å². The van der Waals surface area contributed by atoms with Crippen LogP contribution >= 0.6 is 23.5 Å². The zero-order valence-electron chi connectivity index (χ0n) is 16.2. The molecule has 3 heterocycles. The number of nitrogens with two attached hydrogens (primary N) is 1. The number of nitrogens with zero attached hydrogens (tertiary/aromatic N) is 4. The number of phosphoric ester groups is 1. The summed E-state index contributed by atoms with van der Waals surface area (Å²) in [6.07, 6.45) is -3.99. The van der Waals surface area contributed by atoms with Crippen LogP contribution in [0.1, 0.15) is 6.23 Å². The van der Waals surface area contributed by atoms with Gasteiger partial charge in [0.1, 0.15) is 30.2 Å². The van der Waals surface area contributed by atoms with Crippen LogP contribution in [0.3, 0.4) is 0 Å². The maximum Gasteiger partial charge on any atom is 2.00 e. The van der Waals surface area contributed by atoms with Crippen molar-refractivity contribution in [3.63, 3.8) is 0 Å². The molecule has 4 N–H and O–H groups in total. The van der Waals surface area contributed by atoms with Gasteiger partial charge in [-0.05, 0) is 0 Å². The van der Waals surface area contributed by atoms with Gasteiger partial charge in [-0.1, -0.05) is 0 Å². The second-order valence-corrected chi connectivity index (χ2v) is 10.2. The molecule has 2 aromatic heterocycles. The van der Waals surface area contributed by atoms with Gasteiger partial charge >= 0.3 is 97.8 Å². The number of hydrogen-bond donors (Lipinski definition) is 3. The van der Waals surface area contributed by atoms with Crippen molar-refractivity contribution >= 4 is 138 Å². The Morgan fingerprint density at radius 3 is 2.27 bits per heavy atom. The maximum absolute atomic E-state index is 11.6. The molecule has 18 nitrogen and oxygen atoms in total. The Hall–Kier alpha value is 1.78. The molecule has 0 bridgehead atoms. The molecule has 0 spiro atoms. The SMILES string of the molecule is Nc1ncnc2c1ncn2[C@@H]1O[C@H](COP(=O)([O-])OP(=O)([O-])OP(=O)([O-])[O-])[C@@H](O)[C@H]1O.[Ba+2].[Ba+2]. The number of phosphoric acid groups is 3. The summed E-state index contributed by atoms with van der Waals surface area (Å²) in [6, 6.07) is 0. The summed E-state index contributed by atoms with van der Waals surface area (Å²) < 4.78 is 50.2. The number of anilines is 1. The fourth-order valence-electron chi connectivity index (χ4n) is 2.60. The summed E-state index contributed by atoms with van der Waals surface area (Å²) >= 11 is 0. The number of hydrogen-bond acceptors (Lipinski definition) is 17. The molecule has 1 aliphatic heterocycles. The van der Waals surface area contributed by atoms with Gasteiger partial charge in [-0.3, -0.25) is 18.0 Å². The van der Waals surface area contributed by atoms with Crippen LogP contribution in [0.2, 0.25) is 0 Å². The number of aliphatic hydroxyl groups is 2. The standard InChI is InChI=1S/C10H16N5O13P3.2Ba/c11-8-5-9(13-2-12-8)15(3-14-5)10-7(17)6(16)4(26-10)1-25-30(21,22)28-31(23,24)27-29(18,19)20;;/h2-4,6-7,10,16-17H,1H2,(H,21,22)(H,23,24)(H2,11,12,13)(H2,18,19,20);;/q;2*+2/p-4/t4-,6-,7-,10-;;/m1../s1. The molecule has 33 heavy (non-hydrogen) atoms. The quantitative estimate of drug-likeness (QED) is 0.167. The predicted molar refractivity (Wildman–Crippen MR) is 98.1 cm³/mol. The minimum absolute atomic E-state index is 0. The van der Waals surface area contributed by atoms with Crippen molar-refractivity contribution in [3.8, 4) is 0 Å². The van der Waals surface area contributed by atoms with Crippen molar-refractivity contribution in [2.24, 2.45) is 0 Å². The van der Waals surface area contributed by atoms with Crippen molar-refractivity contribution in [3.05, 3.63) is 12.7 Å². The van der Waals surface area contributed by atoms with E-state index in [1.807, 2.05) is 0 Å². The van der Waals surface area contributed by atoms with Crippen molar-refractivity contribution in [2.45, 2.75) is 24.5 Å². The summed E-state index contributed by atoms with van der Waals surface area (Å²) in [6.45, 7) is -1.08. The summed E-state index contributed by atoms with van der Waals surface area (Å²) in [5.74, 6) is 0.0195. The molecule has 6 atom stereocenters. The van der Waals surface area contributed by atoms with E-state index in [0.717, 1.165) is 12.7 Å². The number of aromatic nitrogens is 4. The first-order valence-corrected chi connectivity index (χ1v) is 12.2. The van der Waals surface area contributed by atoms with Crippen LogP contribution < -0.4 is 25.3 Å². The van der Waals surface area contributed by atoms with E-state index in [4.69, 9.17) is 10.5 Å². The number of imidazole rings is 1. The fourth-order valence-corrected chi connectivity index (χ4v) is 5.47. The zero-order valence-corrected chi connectivity index (χ0v) is 27.7. The first-order chi connectivity index (χ1) is 14.2. The number of fused-ring (bicyclic) bond motifs is 1. The Labute approximate surface area is 264 Å². The van der Waals surface area contributed by atoms with Gasteiger partial charge in [-0.15, -0.1) is 0 Å². The van der Waals surface area contributed by atoms with E-state index in [2.05, 4.69) is 28.1 Å². The van der Waals surface area contributed by atoms with Crippen molar-refractivity contribution < 1.29 is 61.4 Å². The molecule has 1 saturated heterocycles. The van der Waals surface area contributed by atoms with Crippen molar-refractivity contribution in [1.29, 1.82) is 0 Å². The molecule has 0 saturated carbocycles. The van der Waals surface area contributed by atoms with Crippen LogP contribution in [-0.2, 0) is 31.6 Å². The van der Waals surface area contributed by atoms with Gasteiger partial charge in [0.25, 0.3) is 15.6 Å². The average molecular weight is 778 g/mol. The maximum atomic E-state index is 11.6. The second-order valence-electron chi connectivity index (χ2n) is 5.93. The third-order valence-electron chi connectivity index (χ3n) is 3.80. The van der Waals surface area contributed by atoms with Crippen LogP contribution in [0.15, 0.2) is 12.7 Å². The summed E-state index contributed by atoms with van der Waals surface area (Å²) in [7, 11) is -18.1. The van der Waals surface area contributed by atoms with Crippen LogP contribution in [-0.4, -0.2) is 152 Å². The third kappa shape index (κ3) is 8.66. The number of rotatable bonds is 8. The summed E-state index contributed by atoms with van der Waals surface area (Å²) in [4.78, 5) is 54.9. The van der Waals surface area contributed by atoms with Gasteiger partial charge in [-0.25, -0.2) is 19.3 Å². The molecular formula is C10H12Ba2N5O13P3. The van der Waals surface area contributed by atoms with Crippen LogP contribution in [0.5, 0.6) is 0 Å². The minimum Gasteiger partial charge on any atom is -0.790 e. The monoisotopic (exact) mass is 779 g/mol. The van der Waals surface area contributed by atoms with E-state index in [0.29, 0.717) is 0 Å². The second kappa shape index (κ2) is 12.6. The van der Waals surface area contributed by atoms with Crippen LogP contribution in [0.25, 0.3) is 11.2 Å². The molecule has 0 radical (unpaired) electrons. The average Bonchev–Trinajstić information content (AvgIpc) is 3.13. The number of aliphatic hydroxyl groups excluding tert-OH is 2. The van der Waals surface area contributed by atoms with Crippen molar-refractivity contribution in [2.75, 3.05) is 12.3 Å². The zero-order chi connectivity index (χ0) is 23.2. The molecule has 23 heteroatoms. The molecule has 174 valence electrons. The fraction of sp³-hybridized carbons (Fsp3) is 0.500. The van der Waals surface area contributed by atoms with E-state index < -0.39 is 54.6 Å². The third-order valence-corrected chi connectivity index (χ3v) is 7.46. The number of nitrogen functional groups attached to an aromatic ring is 1. The first-order valence-electron chi connectivity index (χ1n) is 7.85. The Morgan fingerprint density at radius 1 is 1.03 bits per heavy atom. The molecule has 1 aliphatic rings. The summed E-state index contributed by atoms with van der Waals surface area (Å²) in [5.41, 5.74) is 5.92. The van der Waals surface area contributed by atoms with Crippen LogP contribution in [0.4, 0.5) is 5.82 Å². The van der Waals surface area contributed by atoms with Gasteiger partial charge in [0.05, 0.1) is 20.8 Å². The Morgan fingerprint density at radius 2 is 1.67 bits per heavy atom. The smallest absolute Gasteiger partial charge is 0.790 e. The molecule has 0 aromatic carbocycles. The van der Waals surface area contributed by atoms with E-state index in [9.17, 15) is 43.5 Å². The molecule has 3 rings (SSSR count). The van der Waals surface area contributed by atoms with Gasteiger partial charge < -0.3 is 49.3 Å². The van der Waals surface area contributed by atoms with Crippen LogP contribution in [0, 0.1) is 0 Å². The van der Waals surface area contributed by atoms with Gasteiger partial charge in [0.2, 0.25) is 0 Å². The Bertz CT molecular complexity index is 1120. The van der Waals surface area contributed by atoms with Gasteiger partial charge in [0.15, 0.2) is 17.7 Å². The molecule has 0 aliphatic carbocycles. The predicted octanol–water partition coefficient (Wildman–Crippen LogP) is -4.92. The normalized spacial score (nSPS) is 26.7. The van der Waals surface area contributed by atoms with Crippen molar-refractivity contribution in [1.82, 2.24) is 19.5 Å².